The lowest BCUT2D eigenvalue weighted by Crippen LogP contribution is -2.55. The van der Waals surface area contributed by atoms with E-state index in [0.717, 1.165) is 9.58 Å². The van der Waals surface area contributed by atoms with Gasteiger partial charge in [-0.2, -0.15) is 13.2 Å². The molecule has 2 heterocycles. The second kappa shape index (κ2) is 8.33. The fraction of sp³-hybridized carbons (Fsp3) is 0.321. The summed E-state index contributed by atoms with van der Waals surface area (Å²) in [6.45, 7) is 4.76. The Kier molecular flexibility index (Phi) is 5.58. The monoisotopic (exact) mass is 509 g/mol. The maximum absolute atomic E-state index is 15.4. The summed E-state index contributed by atoms with van der Waals surface area (Å²) in [4.78, 5) is 42.4. The zero-order valence-electron chi connectivity index (χ0n) is 20.6. The average molecular weight is 510 g/mol. The van der Waals surface area contributed by atoms with Crippen LogP contribution in [-0.2, 0) is 21.5 Å². The van der Waals surface area contributed by atoms with Crippen molar-refractivity contribution in [3.8, 4) is 5.69 Å². The Morgan fingerprint density at radius 2 is 1.51 bits per heavy atom. The SMILES string of the molecule is Cc1[nH]n(-c2ccccc2)c(=O)c1C1(C(F)(F)F)C(=O)N(Cc2ccccc2)C2=C1C(=O)CC(C)(C)C2. The van der Waals surface area contributed by atoms with Gasteiger partial charge in [0.15, 0.2) is 5.78 Å². The number of aromatic amines is 1. The molecule has 1 atom stereocenters. The van der Waals surface area contributed by atoms with E-state index in [-0.39, 0.29) is 30.8 Å². The summed E-state index contributed by atoms with van der Waals surface area (Å²) in [5.74, 6) is -2.09. The number of nitrogens with one attached hydrogen (secondary N) is 1. The van der Waals surface area contributed by atoms with E-state index >= 15 is 13.2 Å². The van der Waals surface area contributed by atoms with E-state index in [1.807, 2.05) is 0 Å². The molecule has 1 aliphatic carbocycles. The molecule has 192 valence electrons. The zero-order valence-corrected chi connectivity index (χ0v) is 20.6. The average Bonchev–Trinajstić information content (AvgIpc) is 3.25. The van der Waals surface area contributed by atoms with Gasteiger partial charge < -0.3 is 4.90 Å². The van der Waals surface area contributed by atoms with Crippen molar-refractivity contribution in [1.82, 2.24) is 14.7 Å². The number of carbonyl (C=O) groups excluding carboxylic acids is 2. The van der Waals surface area contributed by atoms with Crippen molar-refractivity contribution in [2.24, 2.45) is 5.41 Å². The van der Waals surface area contributed by atoms with Crippen LogP contribution in [-0.4, -0.2) is 32.5 Å². The number of aromatic nitrogens is 2. The van der Waals surface area contributed by atoms with Gasteiger partial charge in [-0.05, 0) is 36.5 Å². The van der Waals surface area contributed by atoms with Crippen molar-refractivity contribution in [3.63, 3.8) is 0 Å². The molecule has 1 aliphatic heterocycles. The van der Waals surface area contributed by atoms with Gasteiger partial charge in [0.1, 0.15) is 0 Å². The van der Waals surface area contributed by atoms with E-state index in [1.165, 1.54) is 6.92 Å². The van der Waals surface area contributed by atoms with E-state index in [9.17, 15) is 14.4 Å². The fourth-order valence-corrected chi connectivity index (χ4v) is 5.69. The summed E-state index contributed by atoms with van der Waals surface area (Å²) < 4.78 is 47.1. The van der Waals surface area contributed by atoms with Crippen LogP contribution in [0.15, 0.2) is 76.7 Å². The summed E-state index contributed by atoms with van der Waals surface area (Å²) >= 11 is 0. The van der Waals surface area contributed by atoms with Gasteiger partial charge in [-0.15, -0.1) is 0 Å². The van der Waals surface area contributed by atoms with Gasteiger partial charge in [-0.25, -0.2) is 4.68 Å². The van der Waals surface area contributed by atoms with Gasteiger partial charge in [0.2, 0.25) is 5.41 Å². The zero-order chi connectivity index (χ0) is 26.8. The third kappa shape index (κ3) is 3.67. The minimum atomic E-state index is -5.24. The lowest BCUT2D eigenvalue weighted by molar-refractivity contribution is -0.189. The van der Waals surface area contributed by atoms with Crippen LogP contribution in [0.5, 0.6) is 0 Å². The molecule has 0 spiro atoms. The number of amides is 1. The van der Waals surface area contributed by atoms with Crippen LogP contribution in [0.2, 0.25) is 0 Å². The van der Waals surface area contributed by atoms with Gasteiger partial charge >= 0.3 is 6.18 Å². The normalized spacial score (nSPS) is 21.5. The van der Waals surface area contributed by atoms with Crippen LogP contribution in [0.25, 0.3) is 5.69 Å². The number of allylic oxidation sites excluding steroid dienone is 1. The molecule has 37 heavy (non-hydrogen) atoms. The van der Waals surface area contributed by atoms with E-state index in [0.29, 0.717) is 11.3 Å². The van der Waals surface area contributed by atoms with Crippen LogP contribution in [0, 0.1) is 12.3 Å². The Balaban J connectivity index is 1.81. The number of para-hydroxylation sites is 1. The summed E-state index contributed by atoms with van der Waals surface area (Å²) in [6.07, 6.45) is -5.30. The summed E-state index contributed by atoms with van der Waals surface area (Å²) in [5.41, 5.74) is -5.60. The molecule has 0 saturated heterocycles. The molecule has 3 aromatic rings. The number of H-pyrrole nitrogens is 1. The van der Waals surface area contributed by atoms with Crippen molar-refractivity contribution < 1.29 is 22.8 Å². The molecule has 1 unspecified atom stereocenters. The molecule has 2 aromatic carbocycles. The quantitative estimate of drug-likeness (QED) is 0.540. The van der Waals surface area contributed by atoms with Gasteiger partial charge in [-0.1, -0.05) is 62.4 Å². The molecule has 0 saturated carbocycles. The second-order valence-corrected chi connectivity index (χ2v) is 10.5. The molecule has 5 rings (SSSR count). The van der Waals surface area contributed by atoms with Crippen LogP contribution >= 0.6 is 0 Å². The molecular weight excluding hydrogens is 483 g/mol. The predicted octanol–water partition coefficient (Wildman–Crippen LogP) is 4.96. The maximum Gasteiger partial charge on any atom is 0.411 e. The molecule has 6 nitrogen and oxygen atoms in total. The van der Waals surface area contributed by atoms with E-state index in [4.69, 9.17) is 0 Å². The Bertz CT molecular complexity index is 1480. The van der Waals surface area contributed by atoms with Gasteiger partial charge in [-0.3, -0.25) is 19.5 Å². The van der Waals surface area contributed by atoms with Gasteiger partial charge in [0.25, 0.3) is 11.5 Å². The van der Waals surface area contributed by atoms with E-state index in [2.05, 4.69) is 5.10 Å². The Morgan fingerprint density at radius 1 is 0.919 bits per heavy atom. The van der Waals surface area contributed by atoms with Gasteiger partial charge in [0.05, 0.1) is 17.8 Å². The first-order valence-corrected chi connectivity index (χ1v) is 12.0. The first-order chi connectivity index (χ1) is 17.4. The summed E-state index contributed by atoms with van der Waals surface area (Å²) in [6, 6.07) is 16.8. The second-order valence-electron chi connectivity index (χ2n) is 10.5. The molecule has 0 bridgehead atoms. The molecule has 0 radical (unpaired) electrons. The standard InChI is InChI=1S/C28H26F3N3O3/c1-17-22(24(36)34(32-17)19-12-8-5-9-13-19)27(28(29,30)31)23-20(14-26(2,3)15-21(23)35)33(25(27)37)16-18-10-6-4-7-11-18/h4-13,32H,14-16H2,1-3H3. The van der Waals surface area contributed by atoms with Crippen molar-refractivity contribution >= 4 is 11.7 Å². The van der Waals surface area contributed by atoms with Crippen molar-refractivity contribution in [3.05, 3.63) is 99.1 Å². The number of carbonyl (C=O) groups is 2. The number of benzene rings is 2. The highest BCUT2D eigenvalue weighted by molar-refractivity contribution is 6.13. The van der Waals surface area contributed by atoms with Gasteiger partial charge in [0, 0.05) is 23.4 Å². The smallest absolute Gasteiger partial charge is 0.310 e. The number of halogens is 3. The molecule has 2 aliphatic rings. The highest BCUT2D eigenvalue weighted by Gasteiger charge is 2.73. The lowest BCUT2D eigenvalue weighted by atomic mass is 9.66. The van der Waals surface area contributed by atoms with E-state index in [1.54, 1.807) is 74.5 Å². The largest absolute Gasteiger partial charge is 0.411 e. The molecule has 0 fully saturated rings. The number of alkyl halides is 3. The minimum Gasteiger partial charge on any atom is -0.310 e. The maximum atomic E-state index is 15.4. The van der Waals surface area contributed by atoms with Crippen LogP contribution in [0.3, 0.4) is 0 Å². The molecule has 1 N–H and O–H groups in total. The third-order valence-corrected chi connectivity index (χ3v) is 7.19. The van der Waals surface area contributed by atoms with Crippen molar-refractivity contribution in [1.29, 1.82) is 0 Å². The topological polar surface area (TPSA) is 75.2 Å². The fourth-order valence-electron chi connectivity index (χ4n) is 5.69. The minimum absolute atomic E-state index is 0.0405. The van der Waals surface area contributed by atoms with Crippen LogP contribution < -0.4 is 5.56 Å². The number of rotatable bonds is 4. The first kappa shape index (κ1) is 24.8. The Morgan fingerprint density at radius 3 is 2.11 bits per heavy atom. The van der Waals surface area contributed by atoms with Crippen LogP contribution in [0.1, 0.15) is 43.5 Å². The Labute approximate surface area is 211 Å². The molecule has 9 heteroatoms. The highest BCUT2D eigenvalue weighted by Crippen LogP contribution is 2.57. The third-order valence-electron chi connectivity index (χ3n) is 7.19. The molecule has 1 aromatic heterocycles. The number of hydrogen-bond acceptors (Lipinski definition) is 3. The molecule has 1 amide bonds. The predicted molar refractivity (Wildman–Crippen MR) is 131 cm³/mol. The van der Waals surface area contributed by atoms with Crippen LogP contribution in [0.4, 0.5) is 13.2 Å². The number of hydrogen-bond donors (Lipinski definition) is 1. The lowest BCUT2D eigenvalue weighted by Gasteiger charge is -2.35. The summed E-state index contributed by atoms with van der Waals surface area (Å²) in [7, 11) is 0. The molecular formula is C28H26F3N3O3. The Hall–Kier alpha value is -3.88. The van der Waals surface area contributed by atoms with Crippen molar-refractivity contribution in [2.45, 2.75) is 51.7 Å². The van der Waals surface area contributed by atoms with E-state index < -0.39 is 45.4 Å². The first-order valence-electron chi connectivity index (χ1n) is 12.0. The highest BCUT2D eigenvalue weighted by atomic mass is 19.4. The van der Waals surface area contributed by atoms with Crippen molar-refractivity contribution in [2.75, 3.05) is 0 Å². The number of ketones is 1. The summed E-state index contributed by atoms with van der Waals surface area (Å²) in [5, 5.41) is 2.71. The number of Topliss-reactive ketones (excluding diaryl/α,β-unsaturated/α-hetero) is 1. The number of aryl methyl sites for hydroxylation is 1. The number of nitrogens with zero attached hydrogens (tertiary/aromatic N) is 2.